The van der Waals surface area contributed by atoms with Crippen LogP contribution in [0.25, 0.3) is 11.1 Å². The highest BCUT2D eigenvalue weighted by Gasteiger charge is 2.05. The van der Waals surface area contributed by atoms with Crippen LogP contribution < -0.4 is 0 Å². The molecule has 0 N–H and O–H groups in total. The second-order valence-corrected chi connectivity index (χ2v) is 7.38. The molecule has 2 rings (SSSR count). The number of hydrogen-bond acceptors (Lipinski definition) is 0. The van der Waals surface area contributed by atoms with E-state index < -0.39 is 0 Å². The summed E-state index contributed by atoms with van der Waals surface area (Å²) in [6.07, 6.45) is 6.06. The van der Waals surface area contributed by atoms with Crippen molar-refractivity contribution < 1.29 is 0 Å². The van der Waals surface area contributed by atoms with E-state index in [0.717, 1.165) is 16.7 Å². The molecule has 0 saturated heterocycles. The van der Waals surface area contributed by atoms with Gasteiger partial charge in [0.1, 0.15) is 0 Å². The molecule has 138 valence electrons. The summed E-state index contributed by atoms with van der Waals surface area (Å²) in [4.78, 5) is 0. The van der Waals surface area contributed by atoms with E-state index >= 15 is 0 Å². The van der Waals surface area contributed by atoms with Gasteiger partial charge in [-0.1, -0.05) is 85.0 Å². The number of benzene rings is 2. The molecule has 0 heteroatoms. The minimum absolute atomic E-state index is 0.897. The molecule has 0 radical (unpaired) electrons. The van der Waals surface area contributed by atoms with Gasteiger partial charge >= 0.3 is 0 Å². The van der Waals surface area contributed by atoms with E-state index in [4.69, 9.17) is 0 Å². The van der Waals surface area contributed by atoms with Crippen LogP contribution in [0, 0.1) is 27.7 Å². The van der Waals surface area contributed by atoms with Gasteiger partial charge in [0, 0.05) is 0 Å². The van der Waals surface area contributed by atoms with Crippen LogP contribution in [-0.4, -0.2) is 0 Å². The van der Waals surface area contributed by atoms with Crippen molar-refractivity contribution in [2.75, 3.05) is 0 Å². The maximum Gasteiger partial charge on any atom is -0.0155 e. The van der Waals surface area contributed by atoms with Crippen LogP contribution in [0.2, 0.25) is 0 Å². The van der Waals surface area contributed by atoms with Crippen molar-refractivity contribution in [3.8, 4) is 0 Å². The summed E-state index contributed by atoms with van der Waals surface area (Å²) < 4.78 is 0. The Kier molecular flexibility index (Phi) is 6.58. The fraction of sp³-hybridized carbons (Fsp3) is 0.185. The first kappa shape index (κ1) is 20.5. The zero-order chi connectivity index (χ0) is 20.1. The van der Waals surface area contributed by atoms with Gasteiger partial charge in [-0.15, -0.1) is 0 Å². The Morgan fingerprint density at radius 2 is 1.37 bits per heavy atom. The Hall–Kier alpha value is -2.86. The average molecular weight is 355 g/mol. The van der Waals surface area contributed by atoms with E-state index in [9.17, 15) is 0 Å². The van der Waals surface area contributed by atoms with Crippen LogP contribution in [-0.2, 0) is 0 Å². The smallest absolute Gasteiger partial charge is 0.0155 e. The monoisotopic (exact) mass is 354 g/mol. The molecule has 0 amide bonds. The molecule has 0 aliphatic rings. The summed E-state index contributed by atoms with van der Waals surface area (Å²) in [5, 5.41) is 0. The molecule has 2 aromatic rings. The summed E-state index contributed by atoms with van der Waals surface area (Å²) in [6.45, 7) is 23.0. The quantitative estimate of drug-likeness (QED) is 0.466. The van der Waals surface area contributed by atoms with Crippen molar-refractivity contribution >= 4 is 11.1 Å². The van der Waals surface area contributed by atoms with Gasteiger partial charge in [-0.2, -0.15) is 0 Å². The van der Waals surface area contributed by atoms with Gasteiger partial charge in [-0.05, 0) is 79.7 Å². The first-order valence-electron chi connectivity index (χ1n) is 9.28. The highest BCUT2D eigenvalue weighted by atomic mass is 14.1. The number of hydrogen-bond donors (Lipinski definition) is 0. The maximum atomic E-state index is 4.23. The highest BCUT2D eigenvalue weighted by Crippen LogP contribution is 2.26. The lowest BCUT2D eigenvalue weighted by molar-refractivity contribution is 1.35. The van der Waals surface area contributed by atoms with E-state index in [1.165, 1.54) is 39.0 Å². The van der Waals surface area contributed by atoms with Crippen molar-refractivity contribution in [3.63, 3.8) is 0 Å². The molecule has 0 aliphatic carbocycles. The van der Waals surface area contributed by atoms with Gasteiger partial charge in [0.25, 0.3) is 0 Å². The van der Waals surface area contributed by atoms with Crippen LogP contribution in [0.3, 0.4) is 0 Å². The summed E-state index contributed by atoms with van der Waals surface area (Å²) in [5.41, 5.74) is 11.5. The van der Waals surface area contributed by atoms with Crippen LogP contribution in [0.1, 0.15) is 40.3 Å². The van der Waals surface area contributed by atoms with Crippen LogP contribution in [0.4, 0.5) is 0 Å². The Morgan fingerprint density at radius 1 is 0.778 bits per heavy atom. The van der Waals surface area contributed by atoms with Crippen molar-refractivity contribution in [1.82, 2.24) is 0 Å². The van der Waals surface area contributed by atoms with Crippen LogP contribution >= 0.6 is 0 Å². The van der Waals surface area contributed by atoms with E-state index in [1.807, 2.05) is 6.08 Å². The minimum atomic E-state index is 0.897. The molecule has 0 fully saturated rings. The molecular formula is C27H30. The van der Waals surface area contributed by atoms with Crippen molar-refractivity contribution in [2.45, 2.75) is 34.6 Å². The molecular weight excluding hydrogens is 324 g/mol. The third-order valence-electron chi connectivity index (χ3n) is 4.72. The molecule has 0 aromatic heterocycles. The Bertz CT molecular complexity index is 941. The summed E-state index contributed by atoms with van der Waals surface area (Å²) in [5.74, 6) is 0. The lowest BCUT2D eigenvalue weighted by Crippen LogP contribution is -1.90. The molecule has 0 aliphatic heterocycles. The van der Waals surface area contributed by atoms with Gasteiger partial charge < -0.3 is 0 Å². The second-order valence-electron chi connectivity index (χ2n) is 7.38. The number of allylic oxidation sites excluding steroid dienone is 7. The molecule has 0 unspecified atom stereocenters. The third-order valence-corrected chi connectivity index (χ3v) is 4.72. The Morgan fingerprint density at radius 3 is 1.93 bits per heavy atom. The highest BCUT2D eigenvalue weighted by molar-refractivity contribution is 5.79. The zero-order valence-corrected chi connectivity index (χ0v) is 17.3. The molecule has 0 atom stereocenters. The lowest BCUT2D eigenvalue weighted by Gasteiger charge is -2.11. The van der Waals surface area contributed by atoms with E-state index in [-0.39, 0.29) is 0 Å². The number of aryl methyl sites for hydroxylation is 4. The van der Waals surface area contributed by atoms with E-state index in [2.05, 4.69) is 103 Å². The van der Waals surface area contributed by atoms with Crippen LogP contribution in [0.15, 0.2) is 85.5 Å². The predicted molar refractivity (Wildman–Crippen MR) is 122 cm³/mol. The first-order valence-corrected chi connectivity index (χ1v) is 9.28. The van der Waals surface area contributed by atoms with Crippen LogP contribution in [0.5, 0.6) is 0 Å². The van der Waals surface area contributed by atoms with Crippen molar-refractivity contribution in [3.05, 3.63) is 119 Å². The Balaban J connectivity index is 2.30. The minimum Gasteiger partial charge on any atom is -0.0984 e. The van der Waals surface area contributed by atoms with Crippen molar-refractivity contribution in [1.29, 1.82) is 0 Å². The van der Waals surface area contributed by atoms with Gasteiger partial charge in [-0.25, -0.2) is 0 Å². The maximum absolute atomic E-state index is 4.23. The predicted octanol–water partition coefficient (Wildman–Crippen LogP) is 7.71. The number of rotatable bonds is 6. The Labute approximate surface area is 165 Å². The SMILES string of the molecule is C=CC(=CC(=C)C(=C)C=C(C)c1cc(C)cc(C)c1)c1ccc(C)cc1C. The van der Waals surface area contributed by atoms with Gasteiger partial charge in [0.15, 0.2) is 0 Å². The topological polar surface area (TPSA) is 0 Å². The third kappa shape index (κ3) is 5.31. The lowest BCUT2D eigenvalue weighted by atomic mass is 9.94. The molecule has 0 saturated carbocycles. The molecule has 2 aromatic carbocycles. The summed E-state index contributed by atoms with van der Waals surface area (Å²) in [7, 11) is 0. The van der Waals surface area contributed by atoms with Crippen molar-refractivity contribution in [2.24, 2.45) is 0 Å². The fourth-order valence-corrected chi connectivity index (χ4v) is 3.30. The molecule has 0 bridgehead atoms. The standard InChI is InChI=1S/C27H30/c1-9-25(27-11-10-18(2)13-24(27)8)17-22(6)21(5)16-23(7)26-14-19(3)12-20(4)15-26/h9-17H,1,5-6H2,2-4,7-8H3. The average Bonchev–Trinajstić information content (AvgIpc) is 2.59. The van der Waals surface area contributed by atoms with E-state index in [0.29, 0.717) is 0 Å². The summed E-state index contributed by atoms with van der Waals surface area (Å²) in [6, 6.07) is 13.1. The largest absolute Gasteiger partial charge is 0.0984 e. The zero-order valence-electron chi connectivity index (χ0n) is 17.3. The molecule has 0 nitrogen and oxygen atoms in total. The van der Waals surface area contributed by atoms with Gasteiger partial charge in [0.2, 0.25) is 0 Å². The van der Waals surface area contributed by atoms with Gasteiger partial charge in [-0.3, -0.25) is 0 Å². The molecule has 0 heterocycles. The van der Waals surface area contributed by atoms with E-state index in [1.54, 1.807) is 0 Å². The van der Waals surface area contributed by atoms with Gasteiger partial charge in [0.05, 0.1) is 0 Å². The first-order chi connectivity index (χ1) is 12.7. The normalized spacial score (nSPS) is 12.0. The second kappa shape index (κ2) is 8.68. The molecule has 27 heavy (non-hydrogen) atoms. The summed E-state index contributed by atoms with van der Waals surface area (Å²) >= 11 is 0. The fourth-order valence-electron chi connectivity index (χ4n) is 3.30. The molecule has 0 spiro atoms.